The Hall–Kier alpha value is -2.65. The fourth-order valence-corrected chi connectivity index (χ4v) is 4.95. The Labute approximate surface area is 160 Å². The second kappa shape index (κ2) is 7.06. The second-order valence-corrected chi connectivity index (χ2v) is 8.18. The molecule has 7 nitrogen and oxygen atoms in total. The molecule has 0 aromatic heterocycles. The minimum Gasteiger partial charge on any atom is -0.485 e. The van der Waals surface area contributed by atoms with Crippen LogP contribution in [0.5, 0.6) is 11.5 Å². The number of fused-ring (bicyclic) bond motifs is 3. The van der Waals surface area contributed by atoms with Crippen LogP contribution in [0, 0.1) is 5.82 Å². The summed E-state index contributed by atoms with van der Waals surface area (Å²) < 4.78 is 55.6. The lowest BCUT2D eigenvalue weighted by Gasteiger charge is -2.18. The molecule has 1 fully saturated rings. The number of halogens is 1. The van der Waals surface area contributed by atoms with Crippen molar-refractivity contribution in [3.63, 3.8) is 0 Å². The van der Waals surface area contributed by atoms with E-state index in [0.717, 1.165) is 12.1 Å². The number of carbonyl (C=O) groups is 1. The molecular formula is C19H17FO7S. The maximum absolute atomic E-state index is 13.9. The number of ether oxygens (including phenoxy) is 2. The molecule has 0 bridgehead atoms. The largest absolute Gasteiger partial charge is 0.485 e. The molecule has 4 rings (SSSR count). The lowest BCUT2D eigenvalue weighted by molar-refractivity contribution is -0.139. The Morgan fingerprint density at radius 2 is 1.96 bits per heavy atom. The first-order chi connectivity index (χ1) is 13.4. The zero-order valence-electron chi connectivity index (χ0n) is 14.6. The first-order valence-corrected chi connectivity index (χ1v) is 10.1. The third-order valence-electron chi connectivity index (χ3n) is 4.88. The first kappa shape index (κ1) is 18.7. The SMILES string of the molecule is O=C(O)COc1cccc2c1OC1CCC(OS(=O)(=O)c3ccccc3F)C21. The van der Waals surface area contributed by atoms with E-state index in [1.54, 1.807) is 18.2 Å². The molecule has 2 aliphatic rings. The summed E-state index contributed by atoms with van der Waals surface area (Å²) in [6.45, 7) is -0.517. The first-order valence-electron chi connectivity index (χ1n) is 8.69. The number of hydrogen-bond donors (Lipinski definition) is 1. The average Bonchev–Trinajstić information content (AvgIpc) is 3.20. The summed E-state index contributed by atoms with van der Waals surface area (Å²) in [5.74, 6) is -1.68. The molecule has 148 valence electrons. The molecule has 28 heavy (non-hydrogen) atoms. The third kappa shape index (κ3) is 3.31. The molecular weight excluding hydrogens is 391 g/mol. The van der Waals surface area contributed by atoms with Gasteiger partial charge in [-0.25, -0.2) is 9.18 Å². The minimum atomic E-state index is -4.29. The average molecular weight is 408 g/mol. The van der Waals surface area contributed by atoms with E-state index in [1.165, 1.54) is 12.1 Å². The fourth-order valence-electron chi connectivity index (χ4n) is 3.76. The molecule has 3 atom stereocenters. The highest BCUT2D eigenvalue weighted by Gasteiger charge is 2.48. The van der Waals surface area contributed by atoms with Crippen LogP contribution in [0.2, 0.25) is 0 Å². The van der Waals surface area contributed by atoms with Gasteiger partial charge in [0, 0.05) is 5.56 Å². The Kier molecular flexibility index (Phi) is 4.72. The van der Waals surface area contributed by atoms with Crippen molar-refractivity contribution in [2.24, 2.45) is 0 Å². The maximum Gasteiger partial charge on any atom is 0.341 e. The van der Waals surface area contributed by atoms with Crippen molar-refractivity contribution in [2.45, 2.75) is 35.9 Å². The predicted molar refractivity (Wildman–Crippen MR) is 94.4 cm³/mol. The van der Waals surface area contributed by atoms with Crippen molar-refractivity contribution >= 4 is 16.1 Å². The van der Waals surface area contributed by atoms with Gasteiger partial charge in [-0.05, 0) is 31.0 Å². The van der Waals surface area contributed by atoms with E-state index in [4.69, 9.17) is 18.8 Å². The third-order valence-corrected chi connectivity index (χ3v) is 6.25. The van der Waals surface area contributed by atoms with Gasteiger partial charge in [0.25, 0.3) is 10.1 Å². The fraction of sp³-hybridized carbons (Fsp3) is 0.316. The number of benzene rings is 2. The molecule has 1 aliphatic heterocycles. The van der Waals surface area contributed by atoms with Crippen LogP contribution in [0.25, 0.3) is 0 Å². The van der Waals surface area contributed by atoms with Crippen LogP contribution in [0.15, 0.2) is 47.4 Å². The van der Waals surface area contributed by atoms with E-state index in [-0.39, 0.29) is 17.8 Å². The normalized spacial score (nSPS) is 23.0. The highest BCUT2D eigenvalue weighted by atomic mass is 32.2. The van der Waals surface area contributed by atoms with Crippen molar-refractivity contribution in [1.82, 2.24) is 0 Å². The Bertz CT molecular complexity index is 1020. The van der Waals surface area contributed by atoms with Crippen LogP contribution in [0.4, 0.5) is 4.39 Å². The predicted octanol–water partition coefficient (Wildman–Crippen LogP) is 2.70. The highest BCUT2D eigenvalue weighted by Crippen LogP contribution is 2.52. The summed E-state index contributed by atoms with van der Waals surface area (Å²) in [7, 11) is -4.29. The van der Waals surface area contributed by atoms with E-state index in [0.29, 0.717) is 24.2 Å². The molecule has 9 heteroatoms. The molecule has 0 spiro atoms. The van der Waals surface area contributed by atoms with Gasteiger partial charge in [0.05, 0.1) is 12.0 Å². The Morgan fingerprint density at radius 3 is 2.71 bits per heavy atom. The zero-order valence-corrected chi connectivity index (χ0v) is 15.4. The quantitative estimate of drug-likeness (QED) is 0.734. The highest BCUT2D eigenvalue weighted by molar-refractivity contribution is 7.86. The number of aliphatic carboxylic acids is 1. The van der Waals surface area contributed by atoms with Gasteiger partial charge in [0.2, 0.25) is 0 Å². The molecule has 2 aromatic rings. The van der Waals surface area contributed by atoms with E-state index in [1.807, 2.05) is 0 Å². The van der Waals surface area contributed by atoms with Crippen molar-refractivity contribution in [3.8, 4) is 11.5 Å². The smallest absolute Gasteiger partial charge is 0.341 e. The number of carboxylic acids is 1. The Balaban J connectivity index is 1.60. The molecule has 2 aromatic carbocycles. The minimum absolute atomic E-state index is 0.282. The number of para-hydroxylation sites is 1. The summed E-state index contributed by atoms with van der Waals surface area (Å²) in [5.41, 5.74) is 0.694. The van der Waals surface area contributed by atoms with Crippen LogP contribution in [-0.2, 0) is 19.1 Å². The summed E-state index contributed by atoms with van der Waals surface area (Å²) in [6, 6.07) is 10.1. The van der Waals surface area contributed by atoms with Gasteiger partial charge in [0.15, 0.2) is 18.1 Å². The lowest BCUT2D eigenvalue weighted by atomic mass is 9.95. The molecule has 0 radical (unpaired) electrons. The maximum atomic E-state index is 13.9. The molecule has 3 unspecified atom stereocenters. The molecule has 1 heterocycles. The van der Waals surface area contributed by atoms with Crippen LogP contribution in [0.1, 0.15) is 24.3 Å². The van der Waals surface area contributed by atoms with E-state index in [9.17, 15) is 17.6 Å². The second-order valence-electron chi connectivity index (χ2n) is 6.64. The van der Waals surface area contributed by atoms with Gasteiger partial charge >= 0.3 is 5.97 Å². The Morgan fingerprint density at radius 1 is 1.18 bits per heavy atom. The van der Waals surface area contributed by atoms with Crippen molar-refractivity contribution < 1.29 is 36.4 Å². The summed E-state index contributed by atoms with van der Waals surface area (Å²) in [6.07, 6.45) is -0.0475. The molecule has 1 aliphatic carbocycles. The number of rotatable bonds is 6. The molecule has 1 N–H and O–H groups in total. The van der Waals surface area contributed by atoms with Gasteiger partial charge in [-0.15, -0.1) is 0 Å². The van der Waals surface area contributed by atoms with Crippen LogP contribution in [-0.4, -0.2) is 38.3 Å². The number of carboxylic acid groups (broad SMARTS) is 1. The summed E-state index contributed by atoms with van der Waals surface area (Å²) >= 11 is 0. The molecule has 1 saturated carbocycles. The zero-order chi connectivity index (χ0) is 19.9. The summed E-state index contributed by atoms with van der Waals surface area (Å²) in [4.78, 5) is 10.3. The molecule has 0 amide bonds. The van der Waals surface area contributed by atoms with Crippen LogP contribution >= 0.6 is 0 Å². The standard InChI is InChI=1S/C19H17FO7S/c20-12-5-1-2-7-16(12)28(23,24)27-14-9-8-13-18(14)11-4-3-6-15(19(11)26-13)25-10-17(21)22/h1-7,13-14,18H,8-10H2,(H,21,22). The number of hydrogen-bond acceptors (Lipinski definition) is 6. The van der Waals surface area contributed by atoms with E-state index >= 15 is 0 Å². The lowest BCUT2D eigenvalue weighted by Crippen LogP contribution is -2.24. The van der Waals surface area contributed by atoms with Crippen LogP contribution < -0.4 is 9.47 Å². The van der Waals surface area contributed by atoms with Crippen molar-refractivity contribution in [1.29, 1.82) is 0 Å². The van der Waals surface area contributed by atoms with Gasteiger partial charge in [-0.1, -0.05) is 24.3 Å². The van der Waals surface area contributed by atoms with Gasteiger partial charge in [-0.3, -0.25) is 4.18 Å². The topological polar surface area (TPSA) is 99.1 Å². The molecule has 0 saturated heterocycles. The van der Waals surface area contributed by atoms with Gasteiger partial charge in [-0.2, -0.15) is 8.42 Å². The van der Waals surface area contributed by atoms with E-state index in [2.05, 4.69) is 0 Å². The van der Waals surface area contributed by atoms with Crippen molar-refractivity contribution in [2.75, 3.05) is 6.61 Å². The van der Waals surface area contributed by atoms with Crippen molar-refractivity contribution in [3.05, 3.63) is 53.8 Å². The van der Waals surface area contributed by atoms with E-state index < -0.39 is 39.5 Å². The monoisotopic (exact) mass is 408 g/mol. The van der Waals surface area contributed by atoms with Gasteiger partial charge in [0.1, 0.15) is 16.8 Å². The summed E-state index contributed by atoms with van der Waals surface area (Å²) in [5, 5.41) is 8.80. The van der Waals surface area contributed by atoms with Gasteiger partial charge < -0.3 is 14.6 Å². The van der Waals surface area contributed by atoms with Crippen LogP contribution in [0.3, 0.4) is 0 Å².